The average molecular weight is 360 g/mol. The highest BCUT2D eigenvalue weighted by atomic mass is 19.1. The van der Waals surface area contributed by atoms with E-state index in [4.69, 9.17) is 0 Å². The van der Waals surface area contributed by atoms with E-state index in [0.29, 0.717) is 44.7 Å². The number of hydrogen-bond donors (Lipinski definition) is 2. The number of likely N-dealkylation sites (tertiary alicyclic amines) is 1. The quantitative estimate of drug-likeness (QED) is 0.856. The maximum Gasteiger partial charge on any atom is 0.271 e. The van der Waals surface area contributed by atoms with Crippen LogP contribution in [0.1, 0.15) is 35.3 Å². The predicted molar refractivity (Wildman–Crippen MR) is 96.0 cm³/mol. The molecule has 26 heavy (non-hydrogen) atoms. The first kappa shape index (κ1) is 18.5. The molecule has 1 amide bonds. The van der Waals surface area contributed by atoms with E-state index in [9.17, 15) is 14.3 Å². The molecule has 1 aromatic carbocycles. The first-order chi connectivity index (χ1) is 12.5. The predicted octanol–water partition coefficient (Wildman–Crippen LogP) is 2.04. The van der Waals surface area contributed by atoms with Gasteiger partial charge in [0.25, 0.3) is 5.91 Å². The van der Waals surface area contributed by atoms with Gasteiger partial charge in [0.2, 0.25) is 0 Å². The van der Waals surface area contributed by atoms with Crippen LogP contribution in [0, 0.1) is 5.82 Å². The number of nitrogens with zero attached hydrogens (tertiary/aromatic N) is 3. The highest BCUT2D eigenvalue weighted by molar-refractivity contribution is 5.92. The molecule has 140 valence electrons. The van der Waals surface area contributed by atoms with Crippen molar-refractivity contribution in [3.8, 4) is 0 Å². The zero-order chi connectivity index (χ0) is 18.6. The van der Waals surface area contributed by atoms with E-state index in [1.807, 2.05) is 11.9 Å². The summed E-state index contributed by atoms with van der Waals surface area (Å²) in [7, 11) is 1.94. The second-order valence-corrected chi connectivity index (χ2v) is 7.14. The second kappa shape index (κ2) is 7.97. The SMILES string of the molecule is CN(Cc1ccc(F)cc1)C[C@]1(O)CCCN(C(=O)c2ccn[nH]2)CC1. The number of likely N-dealkylation sites (N-methyl/N-ethyl adjacent to an activating group) is 1. The van der Waals surface area contributed by atoms with Crippen LogP contribution in [0.5, 0.6) is 0 Å². The third-order valence-corrected chi connectivity index (χ3v) is 4.87. The Labute approximate surface area is 152 Å². The molecule has 1 aliphatic rings. The molecule has 0 saturated carbocycles. The Morgan fingerprint density at radius 3 is 2.77 bits per heavy atom. The van der Waals surface area contributed by atoms with Gasteiger partial charge < -0.3 is 10.0 Å². The Bertz CT molecular complexity index is 720. The minimum atomic E-state index is -0.836. The smallest absolute Gasteiger partial charge is 0.271 e. The van der Waals surface area contributed by atoms with Gasteiger partial charge in [-0.3, -0.25) is 14.8 Å². The maximum absolute atomic E-state index is 13.0. The van der Waals surface area contributed by atoms with Crippen LogP contribution in [0.4, 0.5) is 4.39 Å². The number of nitrogens with one attached hydrogen (secondary N) is 1. The van der Waals surface area contributed by atoms with E-state index in [0.717, 1.165) is 12.0 Å². The lowest BCUT2D eigenvalue weighted by molar-refractivity contribution is -0.00402. The van der Waals surface area contributed by atoms with E-state index in [2.05, 4.69) is 10.2 Å². The third kappa shape index (κ3) is 4.68. The van der Waals surface area contributed by atoms with Crippen molar-refractivity contribution in [2.45, 2.75) is 31.4 Å². The van der Waals surface area contributed by atoms with Gasteiger partial charge in [-0.2, -0.15) is 5.10 Å². The van der Waals surface area contributed by atoms with Gasteiger partial charge in [0.15, 0.2) is 0 Å². The molecule has 6 nitrogen and oxygen atoms in total. The summed E-state index contributed by atoms with van der Waals surface area (Å²) in [6.07, 6.45) is 3.49. The lowest BCUT2D eigenvalue weighted by atomic mass is 9.94. The molecule has 2 aromatic rings. The molecule has 1 fully saturated rings. The van der Waals surface area contributed by atoms with Crippen LogP contribution in [-0.4, -0.2) is 63.3 Å². The van der Waals surface area contributed by atoms with Crippen molar-refractivity contribution in [1.29, 1.82) is 0 Å². The summed E-state index contributed by atoms with van der Waals surface area (Å²) in [5.41, 5.74) is 0.642. The van der Waals surface area contributed by atoms with Crippen molar-refractivity contribution in [2.24, 2.45) is 0 Å². The number of carbonyl (C=O) groups excluding carboxylic acids is 1. The van der Waals surface area contributed by atoms with E-state index < -0.39 is 5.60 Å². The normalized spacial score (nSPS) is 21.0. The summed E-state index contributed by atoms with van der Waals surface area (Å²) in [5.74, 6) is -0.327. The summed E-state index contributed by atoms with van der Waals surface area (Å²) < 4.78 is 13.0. The lowest BCUT2D eigenvalue weighted by Gasteiger charge is -2.31. The molecule has 0 spiro atoms. The minimum absolute atomic E-state index is 0.0774. The number of benzene rings is 1. The monoisotopic (exact) mass is 360 g/mol. The maximum atomic E-state index is 13.0. The van der Waals surface area contributed by atoms with Crippen molar-refractivity contribution >= 4 is 5.91 Å². The number of carbonyl (C=O) groups is 1. The topological polar surface area (TPSA) is 72.5 Å². The number of aromatic amines is 1. The van der Waals surface area contributed by atoms with Crippen molar-refractivity contribution in [3.05, 3.63) is 53.6 Å². The highest BCUT2D eigenvalue weighted by Gasteiger charge is 2.33. The lowest BCUT2D eigenvalue weighted by Crippen LogP contribution is -2.42. The van der Waals surface area contributed by atoms with Crippen LogP contribution >= 0.6 is 0 Å². The molecule has 1 aromatic heterocycles. The first-order valence-corrected chi connectivity index (χ1v) is 8.89. The van der Waals surface area contributed by atoms with Gasteiger partial charge >= 0.3 is 0 Å². The van der Waals surface area contributed by atoms with Crippen LogP contribution in [0.15, 0.2) is 36.5 Å². The molecule has 0 aliphatic carbocycles. The minimum Gasteiger partial charge on any atom is -0.388 e. The number of aliphatic hydroxyl groups is 1. The molecule has 2 N–H and O–H groups in total. The number of H-pyrrole nitrogens is 1. The zero-order valence-electron chi connectivity index (χ0n) is 15.0. The summed E-state index contributed by atoms with van der Waals surface area (Å²) >= 11 is 0. The van der Waals surface area contributed by atoms with Crippen molar-refractivity contribution < 1.29 is 14.3 Å². The van der Waals surface area contributed by atoms with E-state index >= 15 is 0 Å². The summed E-state index contributed by atoms with van der Waals surface area (Å²) in [5, 5.41) is 17.5. The first-order valence-electron chi connectivity index (χ1n) is 8.89. The van der Waals surface area contributed by atoms with Crippen molar-refractivity contribution in [3.63, 3.8) is 0 Å². The Hall–Kier alpha value is -2.25. The number of aromatic nitrogens is 2. The van der Waals surface area contributed by atoms with Gasteiger partial charge in [0, 0.05) is 32.4 Å². The Kier molecular flexibility index (Phi) is 5.68. The van der Waals surface area contributed by atoms with Crippen molar-refractivity contribution in [2.75, 3.05) is 26.7 Å². The van der Waals surface area contributed by atoms with Crippen LogP contribution < -0.4 is 0 Å². The van der Waals surface area contributed by atoms with Crippen LogP contribution in [0.2, 0.25) is 0 Å². The fourth-order valence-electron chi connectivity index (χ4n) is 3.55. The Morgan fingerprint density at radius 2 is 2.08 bits per heavy atom. The summed E-state index contributed by atoms with van der Waals surface area (Å²) in [6.45, 7) is 2.29. The van der Waals surface area contributed by atoms with E-state index in [1.54, 1.807) is 29.3 Å². The van der Waals surface area contributed by atoms with Crippen LogP contribution in [-0.2, 0) is 6.54 Å². The Morgan fingerprint density at radius 1 is 1.31 bits per heavy atom. The van der Waals surface area contributed by atoms with Crippen LogP contribution in [0.3, 0.4) is 0 Å². The molecule has 1 aliphatic heterocycles. The number of halogens is 1. The fourth-order valence-corrected chi connectivity index (χ4v) is 3.55. The van der Waals surface area contributed by atoms with Gasteiger partial charge in [-0.15, -0.1) is 0 Å². The largest absolute Gasteiger partial charge is 0.388 e. The fraction of sp³-hybridized carbons (Fsp3) is 0.474. The number of amides is 1. The molecule has 3 rings (SSSR count). The number of hydrogen-bond acceptors (Lipinski definition) is 4. The van der Waals surface area contributed by atoms with Gasteiger partial charge in [-0.05, 0) is 50.1 Å². The molecule has 1 saturated heterocycles. The van der Waals surface area contributed by atoms with E-state index in [1.165, 1.54) is 12.1 Å². The van der Waals surface area contributed by atoms with E-state index in [-0.39, 0.29) is 11.7 Å². The highest BCUT2D eigenvalue weighted by Crippen LogP contribution is 2.24. The molecule has 7 heteroatoms. The molecule has 0 bridgehead atoms. The van der Waals surface area contributed by atoms with Crippen LogP contribution in [0.25, 0.3) is 0 Å². The zero-order valence-corrected chi connectivity index (χ0v) is 15.0. The molecule has 1 atom stereocenters. The molecule has 0 radical (unpaired) electrons. The summed E-state index contributed by atoms with van der Waals surface area (Å²) in [4.78, 5) is 16.3. The Balaban J connectivity index is 1.56. The average Bonchev–Trinajstić information content (AvgIpc) is 3.07. The van der Waals surface area contributed by atoms with Gasteiger partial charge in [0.1, 0.15) is 11.5 Å². The van der Waals surface area contributed by atoms with Crippen molar-refractivity contribution in [1.82, 2.24) is 20.0 Å². The number of rotatable bonds is 5. The van der Waals surface area contributed by atoms with Gasteiger partial charge in [-0.1, -0.05) is 12.1 Å². The molecule has 2 heterocycles. The van der Waals surface area contributed by atoms with Gasteiger partial charge in [0.05, 0.1) is 5.60 Å². The molecular weight excluding hydrogens is 335 g/mol. The molecule has 0 unspecified atom stereocenters. The van der Waals surface area contributed by atoms with Gasteiger partial charge in [-0.25, -0.2) is 4.39 Å². The molecular formula is C19H25FN4O2. The summed E-state index contributed by atoms with van der Waals surface area (Å²) in [6, 6.07) is 8.07. The third-order valence-electron chi connectivity index (χ3n) is 4.87. The standard InChI is InChI=1S/C19H25FN4O2/c1-23(13-15-3-5-16(20)6-4-15)14-19(26)8-2-11-24(12-9-19)18(25)17-7-10-21-22-17/h3-7,10,26H,2,8-9,11-14H2,1H3,(H,21,22)/t19-/m0/s1. The second-order valence-electron chi connectivity index (χ2n) is 7.14.